The summed E-state index contributed by atoms with van der Waals surface area (Å²) in [6, 6.07) is 0. The van der Waals surface area contributed by atoms with Gasteiger partial charge in [0.2, 0.25) is 0 Å². The van der Waals surface area contributed by atoms with Crippen LogP contribution in [0.1, 0.15) is 33.6 Å². The Bertz CT molecular complexity index is 768. The molecule has 0 aromatic carbocycles. The molecule has 0 aliphatic carbocycles. The van der Waals surface area contributed by atoms with Crippen LogP contribution in [0.2, 0.25) is 0 Å². The quantitative estimate of drug-likeness (QED) is 0.360. The molecule has 0 spiro atoms. The molecular weight excluding hydrogens is 368 g/mol. The topological polar surface area (TPSA) is 123 Å². The average Bonchev–Trinajstić information content (AvgIpc) is 3.04. The molecule has 2 fully saturated rings. The van der Waals surface area contributed by atoms with Gasteiger partial charge in [-0.25, -0.2) is 9.59 Å². The number of fused-ring (bicyclic) bond motifs is 3. The highest BCUT2D eigenvalue weighted by Gasteiger charge is 2.58. The Morgan fingerprint density at radius 3 is 2.75 bits per heavy atom. The maximum atomic E-state index is 12.4. The van der Waals surface area contributed by atoms with Crippen molar-refractivity contribution in [2.45, 2.75) is 63.3 Å². The molecule has 0 saturated carbocycles. The van der Waals surface area contributed by atoms with Crippen LogP contribution in [-0.2, 0) is 23.8 Å². The van der Waals surface area contributed by atoms with E-state index >= 15 is 0 Å². The van der Waals surface area contributed by atoms with Gasteiger partial charge in [-0.1, -0.05) is 12.7 Å². The zero-order valence-electron chi connectivity index (χ0n) is 16.2. The second kappa shape index (κ2) is 7.11. The van der Waals surface area contributed by atoms with E-state index in [2.05, 4.69) is 6.58 Å². The molecule has 2 bridgehead atoms. The Balaban J connectivity index is 2.09. The van der Waals surface area contributed by atoms with Crippen LogP contribution in [0.3, 0.4) is 0 Å². The highest BCUT2D eigenvalue weighted by atomic mass is 16.7. The van der Waals surface area contributed by atoms with Crippen molar-refractivity contribution >= 4 is 11.9 Å². The van der Waals surface area contributed by atoms with E-state index in [0.717, 1.165) is 0 Å². The fraction of sp³-hybridized carbons (Fsp3) is 0.600. The Labute approximate surface area is 163 Å². The van der Waals surface area contributed by atoms with Crippen molar-refractivity contribution in [1.82, 2.24) is 0 Å². The minimum absolute atomic E-state index is 0.00257. The molecule has 8 nitrogen and oxygen atoms in total. The van der Waals surface area contributed by atoms with Crippen LogP contribution in [-0.4, -0.2) is 63.6 Å². The minimum Gasteiger partial charge on any atom is -0.458 e. The Morgan fingerprint density at radius 2 is 2.14 bits per heavy atom. The number of allylic oxidation sites excluding steroid dienone is 1. The summed E-state index contributed by atoms with van der Waals surface area (Å²) < 4.78 is 16.8. The molecule has 28 heavy (non-hydrogen) atoms. The second-order valence-electron chi connectivity index (χ2n) is 7.81. The van der Waals surface area contributed by atoms with Gasteiger partial charge in [0.15, 0.2) is 5.79 Å². The molecule has 3 aliphatic rings. The summed E-state index contributed by atoms with van der Waals surface area (Å²) in [5, 5.41) is 31.3. The highest BCUT2D eigenvalue weighted by Crippen LogP contribution is 2.48. The molecule has 3 rings (SSSR count). The van der Waals surface area contributed by atoms with Gasteiger partial charge in [-0.2, -0.15) is 0 Å². The van der Waals surface area contributed by atoms with Crippen molar-refractivity contribution in [2.24, 2.45) is 5.92 Å². The maximum absolute atomic E-state index is 12.4. The third-order valence-corrected chi connectivity index (χ3v) is 5.90. The average molecular weight is 394 g/mol. The lowest BCUT2D eigenvalue weighted by Crippen LogP contribution is -2.44. The van der Waals surface area contributed by atoms with Crippen LogP contribution >= 0.6 is 0 Å². The predicted molar refractivity (Wildman–Crippen MR) is 96.7 cm³/mol. The third kappa shape index (κ3) is 3.30. The second-order valence-corrected chi connectivity index (χ2v) is 7.81. The first-order valence-corrected chi connectivity index (χ1v) is 9.21. The molecular formula is C20H26O8. The summed E-state index contributed by atoms with van der Waals surface area (Å²) in [5.74, 6) is -3.87. The summed E-state index contributed by atoms with van der Waals surface area (Å²) in [4.78, 5) is 24.6. The third-order valence-electron chi connectivity index (χ3n) is 5.90. The SMILES string of the molecule is C=C1C(=O)O[C@H]2/C=C(/CO)[C@]3(O)C[C@@H](O)[C@](C)(C[C@@H](OC(=O)/C(C)=C\C)[C@@H]12)O3. The molecule has 6 atom stereocenters. The monoisotopic (exact) mass is 394 g/mol. The van der Waals surface area contributed by atoms with E-state index in [1.165, 1.54) is 6.08 Å². The molecule has 8 heteroatoms. The zero-order chi connectivity index (χ0) is 20.9. The van der Waals surface area contributed by atoms with E-state index in [4.69, 9.17) is 14.2 Å². The van der Waals surface area contributed by atoms with Crippen molar-refractivity contribution in [3.63, 3.8) is 0 Å². The molecule has 154 valence electrons. The van der Waals surface area contributed by atoms with Crippen molar-refractivity contribution < 1.29 is 39.1 Å². The zero-order valence-corrected chi connectivity index (χ0v) is 16.2. The molecule has 2 saturated heterocycles. The number of carbonyl (C=O) groups is 2. The van der Waals surface area contributed by atoms with Crippen molar-refractivity contribution in [3.05, 3.63) is 35.5 Å². The number of aliphatic hydroxyl groups excluding tert-OH is 2. The van der Waals surface area contributed by atoms with E-state index in [9.17, 15) is 24.9 Å². The summed E-state index contributed by atoms with van der Waals surface area (Å²) in [5.41, 5.74) is -0.700. The number of ether oxygens (including phenoxy) is 3. The van der Waals surface area contributed by atoms with Crippen LogP contribution in [0.4, 0.5) is 0 Å². The van der Waals surface area contributed by atoms with Crippen LogP contribution in [0.5, 0.6) is 0 Å². The number of esters is 2. The van der Waals surface area contributed by atoms with E-state index < -0.39 is 54.2 Å². The van der Waals surface area contributed by atoms with Gasteiger partial charge >= 0.3 is 11.9 Å². The standard InChI is InChI=1S/C20H26O8/c1-5-10(2)17(23)27-14-7-19(4)15(22)8-20(25,28-19)12(9-21)6-13-16(14)11(3)18(24)26-13/h5-6,13-16,21-22,25H,3,7-9H2,1-2,4H3/b10-5-,12-6-/t13-,14+,15+,16-,19-,20-/m0/s1. The minimum atomic E-state index is -1.91. The molecule has 3 aliphatic heterocycles. The van der Waals surface area contributed by atoms with Crippen LogP contribution in [0.25, 0.3) is 0 Å². The van der Waals surface area contributed by atoms with E-state index in [1.807, 2.05) is 0 Å². The number of carbonyl (C=O) groups excluding carboxylic acids is 2. The molecule has 0 aromatic heterocycles. The smallest absolute Gasteiger partial charge is 0.334 e. The normalized spacial score (nSPS) is 42.6. The van der Waals surface area contributed by atoms with Crippen LogP contribution in [0, 0.1) is 5.92 Å². The Morgan fingerprint density at radius 1 is 1.46 bits per heavy atom. The summed E-state index contributed by atoms with van der Waals surface area (Å²) in [6.45, 7) is 8.11. The maximum Gasteiger partial charge on any atom is 0.334 e. The molecule has 0 radical (unpaired) electrons. The van der Waals surface area contributed by atoms with E-state index in [1.54, 1.807) is 26.8 Å². The Hall–Kier alpha value is -2.00. The largest absolute Gasteiger partial charge is 0.458 e. The van der Waals surface area contributed by atoms with Gasteiger partial charge in [-0.05, 0) is 26.8 Å². The molecule has 3 heterocycles. The van der Waals surface area contributed by atoms with Crippen molar-refractivity contribution in [1.29, 1.82) is 0 Å². The lowest BCUT2D eigenvalue weighted by atomic mass is 9.80. The van der Waals surface area contributed by atoms with Gasteiger partial charge in [0.05, 0.1) is 24.2 Å². The van der Waals surface area contributed by atoms with Gasteiger partial charge in [-0.3, -0.25) is 0 Å². The molecule has 3 N–H and O–H groups in total. The first kappa shape index (κ1) is 20.7. The number of rotatable bonds is 3. The summed E-state index contributed by atoms with van der Waals surface area (Å²) >= 11 is 0. The highest BCUT2D eigenvalue weighted by molar-refractivity contribution is 5.92. The summed E-state index contributed by atoms with van der Waals surface area (Å²) in [7, 11) is 0. The predicted octanol–water partition coefficient (Wildman–Crippen LogP) is 0.513. The molecule has 0 unspecified atom stereocenters. The Kier molecular flexibility index (Phi) is 5.26. The number of hydrogen-bond acceptors (Lipinski definition) is 8. The fourth-order valence-corrected chi connectivity index (χ4v) is 4.02. The first-order chi connectivity index (χ1) is 13.0. The van der Waals surface area contributed by atoms with Gasteiger partial charge < -0.3 is 29.5 Å². The van der Waals surface area contributed by atoms with Crippen molar-refractivity contribution in [2.75, 3.05) is 6.61 Å². The first-order valence-electron chi connectivity index (χ1n) is 9.21. The lowest BCUT2D eigenvalue weighted by molar-refractivity contribution is -0.211. The summed E-state index contributed by atoms with van der Waals surface area (Å²) in [6.07, 6.45) is -0.0427. The van der Waals surface area contributed by atoms with Gasteiger partial charge in [0.25, 0.3) is 0 Å². The number of aliphatic hydroxyl groups is 3. The number of hydrogen-bond donors (Lipinski definition) is 3. The molecule has 0 amide bonds. The van der Waals surface area contributed by atoms with Gasteiger partial charge in [-0.15, -0.1) is 0 Å². The van der Waals surface area contributed by atoms with E-state index in [-0.39, 0.29) is 24.0 Å². The van der Waals surface area contributed by atoms with Crippen LogP contribution < -0.4 is 0 Å². The van der Waals surface area contributed by atoms with E-state index in [0.29, 0.717) is 5.57 Å². The van der Waals surface area contributed by atoms with Crippen molar-refractivity contribution in [3.8, 4) is 0 Å². The van der Waals surface area contributed by atoms with Crippen LogP contribution in [0.15, 0.2) is 35.5 Å². The molecule has 0 aromatic rings. The lowest BCUT2D eigenvalue weighted by Gasteiger charge is -2.34. The fourth-order valence-electron chi connectivity index (χ4n) is 4.02. The van der Waals surface area contributed by atoms with Gasteiger partial charge in [0, 0.05) is 29.6 Å². The van der Waals surface area contributed by atoms with Gasteiger partial charge in [0.1, 0.15) is 12.2 Å².